The van der Waals surface area contributed by atoms with Gasteiger partial charge in [-0.2, -0.15) is 13.2 Å². The van der Waals surface area contributed by atoms with Gasteiger partial charge in [-0.15, -0.1) is 0 Å². The van der Waals surface area contributed by atoms with Crippen LogP contribution in [0.25, 0.3) is 0 Å². The van der Waals surface area contributed by atoms with E-state index in [0.29, 0.717) is 11.5 Å². The van der Waals surface area contributed by atoms with Crippen molar-refractivity contribution in [2.24, 2.45) is 0 Å². The standard InChI is InChI=1S/C19H13F4N3O/c20-14-2-1-3-16(11-14)25-17-10-12(8-9-24-17)18(27)26-15-6-4-13(5-7-15)19(21,22)23/h1-11H,(H,24,25)(H,26,27). The molecule has 0 spiro atoms. The van der Waals surface area contributed by atoms with Crippen LogP contribution in [0.3, 0.4) is 0 Å². The molecule has 0 bridgehead atoms. The molecule has 1 heterocycles. The average Bonchev–Trinajstić information content (AvgIpc) is 2.62. The minimum Gasteiger partial charge on any atom is -0.340 e. The van der Waals surface area contributed by atoms with Crippen LogP contribution < -0.4 is 10.6 Å². The number of amides is 1. The molecule has 1 aromatic heterocycles. The van der Waals surface area contributed by atoms with Crippen LogP contribution in [-0.2, 0) is 6.18 Å². The lowest BCUT2D eigenvalue weighted by atomic mass is 10.2. The van der Waals surface area contributed by atoms with Gasteiger partial charge >= 0.3 is 6.18 Å². The molecule has 2 aromatic carbocycles. The van der Waals surface area contributed by atoms with Crippen molar-refractivity contribution in [2.45, 2.75) is 6.18 Å². The molecule has 0 aliphatic carbocycles. The van der Waals surface area contributed by atoms with Crippen molar-refractivity contribution < 1.29 is 22.4 Å². The number of carbonyl (C=O) groups is 1. The van der Waals surface area contributed by atoms with Crippen LogP contribution in [0.5, 0.6) is 0 Å². The summed E-state index contributed by atoms with van der Waals surface area (Å²) in [7, 11) is 0. The Kier molecular flexibility index (Phi) is 5.07. The third-order valence-corrected chi connectivity index (χ3v) is 3.59. The summed E-state index contributed by atoms with van der Waals surface area (Å²) >= 11 is 0. The van der Waals surface area contributed by atoms with E-state index in [0.717, 1.165) is 12.1 Å². The fourth-order valence-electron chi connectivity index (χ4n) is 2.30. The van der Waals surface area contributed by atoms with Gasteiger partial charge in [-0.05, 0) is 54.6 Å². The number of aromatic nitrogens is 1. The Balaban J connectivity index is 1.72. The third kappa shape index (κ3) is 4.81. The smallest absolute Gasteiger partial charge is 0.340 e. The van der Waals surface area contributed by atoms with E-state index in [1.165, 1.54) is 48.7 Å². The van der Waals surface area contributed by atoms with E-state index in [1.54, 1.807) is 6.07 Å². The van der Waals surface area contributed by atoms with E-state index in [-0.39, 0.29) is 11.3 Å². The van der Waals surface area contributed by atoms with Crippen LogP contribution in [0.1, 0.15) is 15.9 Å². The van der Waals surface area contributed by atoms with E-state index in [4.69, 9.17) is 0 Å². The fourth-order valence-corrected chi connectivity index (χ4v) is 2.30. The van der Waals surface area contributed by atoms with Gasteiger partial charge in [-0.25, -0.2) is 9.37 Å². The summed E-state index contributed by atoms with van der Waals surface area (Å²) in [6, 6.07) is 12.8. The molecule has 0 aliphatic rings. The second-order valence-electron chi connectivity index (χ2n) is 5.59. The molecule has 3 rings (SSSR count). The van der Waals surface area contributed by atoms with E-state index in [2.05, 4.69) is 15.6 Å². The Morgan fingerprint density at radius 3 is 2.33 bits per heavy atom. The number of alkyl halides is 3. The quantitative estimate of drug-likeness (QED) is 0.614. The Morgan fingerprint density at radius 2 is 1.67 bits per heavy atom. The summed E-state index contributed by atoms with van der Waals surface area (Å²) in [6.45, 7) is 0. The van der Waals surface area contributed by atoms with Crippen molar-refractivity contribution in [3.05, 3.63) is 83.8 Å². The van der Waals surface area contributed by atoms with Gasteiger partial charge in [0.25, 0.3) is 5.91 Å². The molecule has 0 saturated heterocycles. The first kappa shape index (κ1) is 18.4. The fraction of sp³-hybridized carbons (Fsp3) is 0.0526. The second kappa shape index (κ2) is 7.45. The highest BCUT2D eigenvalue weighted by Crippen LogP contribution is 2.30. The van der Waals surface area contributed by atoms with Gasteiger partial charge in [-0.3, -0.25) is 4.79 Å². The summed E-state index contributed by atoms with van der Waals surface area (Å²) < 4.78 is 50.9. The number of pyridine rings is 1. The number of hydrogen-bond donors (Lipinski definition) is 2. The number of nitrogens with one attached hydrogen (secondary N) is 2. The first-order chi connectivity index (χ1) is 12.8. The summed E-state index contributed by atoms with van der Waals surface area (Å²) in [5.41, 5.74) is 0.127. The lowest BCUT2D eigenvalue weighted by molar-refractivity contribution is -0.137. The molecule has 138 valence electrons. The summed E-state index contributed by atoms with van der Waals surface area (Å²) in [5.74, 6) is -0.615. The molecule has 4 nitrogen and oxygen atoms in total. The van der Waals surface area contributed by atoms with E-state index in [9.17, 15) is 22.4 Å². The Hall–Kier alpha value is -3.42. The molecule has 2 N–H and O–H groups in total. The Bertz CT molecular complexity index is 956. The molecule has 1 amide bonds. The zero-order valence-electron chi connectivity index (χ0n) is 13.7. The van der Waals surface area contributed by atoms with Gasteiger partial charge in [0.2, 0.25) is 0 Å². The van der Waals surface area contributed by atoms with Gasteiger partial charge in [0.05, 0.1) is 5.56 Å². The largest absolute Gasteiger partial charge is 0.416 e. The molecule has 0 saturated carbocycles. The highest BCUT2D eigenvalue weighted by Gasteiger charge is 2.30. The maximum atomic E-state index is 13.2. The third-order valence-electron chi connectivity index (χ3n) is 3.59. The van der Waals surface area contributed by atoms with Crippen molar-refractivity contribution in [3.63, 3.8) is 0 Å². The van der Waals surface area contributed by atoms with Gasteiger partial charge in [-0.1, -0.05) is 6.07 Å². The predicted octanol–water partition coefficient (Wildman–Crippen LogP) is 5.24. The first-order valence-corrected chi connectivity index (χ1v) is 7.78. The maximum Gasteiger partial charge on any atom is 0.416 e. The number of hydrogen-bond acceptors (Lipinski definition) is 3. The molecular weight excluding hydrogens is 362 g/mol. The number of halogens is 4. The maximum absolute atomic E-state index is 13.2. The molecule has 0 fully saturated rings. The van der Waals surface area contributed by atoms with Crippen molar-refractivity contribution in [1.29, 1.82) is 0 Å². The summed E-state index contributed by atoms with van der Waals surface area (Å²) in [4.78, 5) is 16.4. The van der Waals surface area contributed by atoms with E-state index >= 15 is 0 Å². The van der Waals surface area contributed by atoms with Crippen molar-refractivity contribution in [2.75, 3.05) is 10.6 Å². The normalized spacial score (nSPS) is 11.1. The van der Waals surface area contributed by atoms with Crippen molar-refractivity contribution in [3.8, 4) is 0 Å². The van der Waals surface area contributed by atoms with E-state index in [1.807, 2.05) is 0 Å². The molecular formula is C19H13F4N3O. The predicted molar refractivity (Wildman–Crippen MR) is 93.3 cm³/mol. The van der Waals surface area contributed by atoms with Crippen LogP contribution in [-0.4, -0.2) is 10.9 Å². The zero-order valence-corrected chi connectivity index (χ0v) is 13.7. The zero-order chi connectivity index (χ0) is 19.4. The highest BCUT2D eigenvalue weighted by molar-refractivity contribution is 6.04. The van der Waals surface area contributed by atoms with Gasteiger partial charge in [0, 0.05) is 23.1 Å². The molecule has 0 unspecified atom stereocenters. The number of carbonyl (C=O) groups excluding carboxylic acids is 1. The molecule has 0 atom stereocenters. The Morgan fingerprint density at radius 1 is 0.926 bits per heavy atom. The first-order valence-electron chi connectivity index (χ1n) is 7.78. The number of nitrogens with zero attached hydrogens (tertiary/aromatic N) is 1. The monoisotopic (exact) mass is 375 g/mol. The summed E-state index contributed by atoms with van der Waals surface area (Å²) in [5, 5.41) is 5.39. The van der Waals surface area contributed by atoms with Crippen LogP contribution in [0, 0.1) is 5.82 Å². The summed E-state index contributed by atoms with van der Waals surface area (Å²) in [6.07, 6.45) is -3.05. The van der Waals surface area contributed by atoms with Crippen molar-refractivity contribution >= 4 is 23.1 Å². The lowest BCUT2D eigenvalue weighted by Crippen LogP contribution is -2.13. The van der Waals surface area contributed by atoms with Gasteiger partial charge in [0.15, 0.2) is 0 Å². The van der Waals surface area contributed by atoms with Crippen LogP contribution in [0.15, 0.2) is 66.9 Å². The molecule has 0 aliphatic heterocycles. The average molecular weight is 375 g/mol. The van der Waals surface area contributed by atoms with E-state index < -0.39 is 23.5 Å². The second-order valence-corrected chi connectivity index (χ2v) is 5.59. The van der Waals surface area contributed by atoms with Crippen LogP contribution in [0.2, 0.25) is 0 Å². The molecule has 8 heteroatoms. The number of rotatable bonds is 4. The van der Waals surface area contributed by atoms with Gasteiger partial charge < -0.3 is 10.6 Å². The van der Waals surface area contributed by atoms with Crippen LogP contribution >= 0.6 is 0 Å². The molecule has 27 heavy (non-hydrogen) atoms. The number of benzene rings is 2. The number of anilines is 3. The molecule has 3 aromatic rings. The minimum absolute atomic E-state index is 0.226. The topological polar surface area (TPSA) is 54.0 Å². The van der Waals surface area contributed by atoms with Crippen LogP contribution in [0.4, 0.5) is 34.8 Å². The SMILES string of the molecule is O=C(Nc1ccc(C(F)(F)F)cc1)c1ccnc(Nc2cccc(F)c2)c1. The lowest BCUT2D eigenvalue weighted by Gasteiger charge is -2.10. The highest BCUT2D eigenvalue weighted by atomic mass is 19.4. The van der Waals surface area contributed by atoms with Crippen molar-refractivity contribution in [1.82, 2.24) is 4.98 Å². The Labute approximate surface area is 151 Å². The van der Waals surface area contributed by atoms with Gasteiger partial charge in [0.1, 0.15) is 11.6 Å². The minimum atomic E-state index is -4.44. The molecule has 0 radical (unpaired) electrons.